The average Bonchev–Trinajstić information content (AvgIpc) is 3.19. The molecule has 2 amide bonds. The van der Waals surface area contributed by atoms with Crippen LogP contribution in [-0.4, -0.2) is 45.5 Å². The number of likely N-dealkylation sites (tertiary alicyclic amines) is 1. The van der Waals surface area contributed by atoms with Gasteiger partial charge in [0.05, 0.1) is 5.56 Å². The lowest BCUT2D eigenvalue weighted by molar-refractivity contribution is -0.144. The maximum atomic E-state index is 12.7. The number of hydrogen-bond donors (Lipinski definition) is 2. The maximum absolute atomic E-state index is 12.7. The summed E-state index contributed by atoms with van der Waals surface area (Å²) < 4.78 is 75.9. The van der Waals surface area contributed by atoms with Crippen molar-refractivity contribution in [3.63, 3.8) is 0 Å². The lowest BCUT2D eigenvalue weighted by Gasteiger charge is -2.17. The molecule has 13 heteroatoms. The van der Waals surface area contributed by atoms with Gasteiger partial charge in [0.25, 0.3) is 0 Å². The first-order chi connectivity index (χ1) is 13.4. The van der Waals surface area contributed by atoms with E-state index in [2.05, 4.69) is 10.1 Å². The number of likely N-dealkylation sites (N-methyl/N-ethyl adjacent to an activating group) is 1. The molecule has 29 heavy (non-hydrogen) atoms. The minimum Gasteiger partial charge on any atom is -0.344 e. The van der Waals surface area contributed by atoms with E-state index >= 15 is 0 Å². The number of H-pyrrole nitrogens is 1. The van der Waals surface area contributed by atoms with Crippen molar-refractivity contribution >= 4 is 17.8 Å². The first-order valence-electron chi connectivity index (χ1n) is 8.10. The van der Waals surface area contributed by atoms with Gasteiger partial charge in [-0.1, -0.05) is 12.1 Å². The molecule has 0 saturated carbocycles. The molecule has 1 aromatic heterocycles. The van der Waals surface area contributed by atoms with E-state index in [0.29, 0.717) is 5.56 Å². The Morgan fingerprint density at radius 2 is 1.76 bits per heavy atom. The fourth-order valence-corrected chi connectivity index (χ4v) is 3.04. The van der Waals surface area contributed by atoms with Crippen LogP contribution in [0.15, 0.2) is 24.3 Å². The van der Waals surface area contributed by atoms with Crippen molar-refractivity contribution in [2.24, 2.45) is 5.92 Å². The second-order valence-electron chi connectivity index (χ2n) is 6.42. The van der Waals surface area contributed by atoms with Crippen LogP contribution in [0.2, 0.25) is 0 Å². The molecule has 2 heterocycles. The summed E-state index contributed by atoms with van der Waals surface area (Å²) in [5.74, 6) is -5.84. The van der Waals surface area contributed by atoms with Gasteiger partial charge < -0.3 is 4.90 Å². The van der Waals surface area contributed by atoms with E-state index in [0.717, 1.165) is 24.3 Å². The predicted octanol–water partition coefficient (Wildman–Crippen LogP) is 2.65. The smallest absolute Gasteiger partial charge is 0.344 e. The van der Waals surface area contributed by atoms with Crippen LogP contribution in [0, 0.1) is 5.92 Å². The number of aromatic nitrogens is 3. The molecule has 0 radical (unpaired) electrons. The standard InChI is InChI=1S/C16H13F6N5O2/c1-27-6-9(7-2-4-8(5-3-7)15(17,18)19)10(12(27)29)11(28)23-14-24-13(25-26-14)16(20,21)22/h2-5,9-10H,6H2,1H3,(H2,23,24,25,26,28)/t9-,10+/m0/s1. The molecule has 1 fully saturated rings. The minimum atomic E-state index is -4.80. The van der Waals surface area contributed by atoms with Gasteiger partial charge in [-0.15, -0.1) is 5.10 Å². The van der Waals surface area contributed by atoms with Crippen molar-refractivity contribution in [2.45, 2.75) is 18.3 Å². The zero-order chi connectivity index (χ0) is 21.6. The fourth-order valence-electron chi connectivity index (χ4n) is 3.04. The van der Waals surface area contributed by atoms with Crippen molar-refractivity contribution in [3.8, 4) is 0 Å². The van der Waals surface area contributed by atoms with Crippen LogP contribution in [0.25, 0.3) is 0 Å². The number of rotatable bonds is 3. The number of alkyl halides is 6. The third-order valence-corrected chi connectivity index (χ3v) is 4.45. The summed E-state index contributed by atoms with van der Waals surface area (Å²) in [5.41, 5.74) is -0.581. The number of carbonyl (C=O) groups is 2. The van der Waals surface area contributed by atoms with E-state index in [-0.39, 0.29) is 6.54 Å². The summed E-state index contributed by atoms with van der Waals surface area (Å²) in [6.07, 6.45) is -9.35. The summed E-state index contributed by atoms with van der Waals surface area (Å²) in [7, 11) is 1.40. The van der Waals surface area contributed by atoms with E-state index in [1.54, 1.807) is 5.10 Å². The Hall–Kier alpha value is -3.12. The van der Waals surface area contributed by atoms with Crippen LogP contribution in [0.1, 0.15) is 22.9 Å². The highest BCUT2D eigenvalue weighted by molar-refractivity contribution is 6.07. The van der Waals surface area contributed by atoms with Gasteiger partial charge in [-0.3, -0.25) is 20.0 Å². The van der Waals surface area contributed by atoms with Crippen molar-refractivity contribution in [1.29, 1.82) is 0 Å². The van der Waals surface area contributed by atoms with E-state index in [4.69, 9.17) is 0 Å². The van der Waals surface area contributed by atoms with Gasteiger partial charge in [-0.2, -0.15) is 31.3 Å². The maximum Gasteiger partial charge on any atom is 0.451 e. The molecule has 1 saturated heterocycles. The Morgan fingerprint density at radius 3 is 2.28 bits per heavy atom. The van der Waals surface area contributed by atoms with E-state index in [1.807, 2.05) is 5.32 Å². The van der Waals surface area contributed by atoms with Crippen LogP contribution >= 0.6 is 0 Å². The second kappa shape index (κ2) is 7.04. The molecule has 0 aliphatic carbocycles. The number of anilines is 1. The molecule has 1 aliphatic heterocycles. The van der Waals surface area contributed by atoms with Crippen LogP contribution in [0.5, 0.6) is 0 Å². The highest BCUT2D eigenvalue weighted by Crippen LogP contribution is 2.36. The Kier molecular flexibility index (Phi) is 5.01. The lowest BCUT2D eigenvalue weighted by Crippen LogP contribution is -2.33. The average molecular weight is 421 g/mol. The van der Waals surface area contributed by atoms with Crippen molar-refractivity contribution in [2.75, 3.05) is 18.9 Å². The van der Waals surface area contributed by atoms with Gasteiger partial charge in [0, 0.05) is 19.5 Å². The van der Waals surface area contributed by atoms with Gasteiger partial charge in [0.2, 0.25) is 23.6 Å². The van der Waals surface area contributed by atoms with Gasteiger partial charge >= 0.3 is 12.4 Å². The van der Waals surface area contributed by atoms with Gasteiger partial charge in [-0.25, -0.2) is 0 Å². The number of aromatic amines is 1. The third-order valence-electron chi connectivity index (χ3n) is 4.45. The molecular weight excluding hydrogens is 408 g/mol. The van der Waals surface area contributed by atoms with Crippen LogP contribution in [0.3, 0.4) is 0 Å². The first kappa shape index (κ1) is 20.6. The van der Waals surface area contributed by atoms with Gasteiger partial charge in [0.1, 0.15) is 5.92 Å². The highest BCUT2D eigenvalue weighted by Gasteiger charge is 2.45. The Bertz CT molecular complexity index is 921. The molecule has 0 bridgehead atoms. The van der Waals surface area contributed by atoms with Crippen LogP contribution in [0.4, 0.5) is 32.3 Å². The summed E-state index contributed by atoms with van der Waals surface area (Å²) >= 11 is 0. The second-order valence-corrected chi connectivity index (χ2v) is 6.42. The molecule has 3 rings (SSSR count). The Morgan fingerprint density at radius 1 is 1.14 bits per heavy atom. The molecule has 1 aromatic carbocycles. The van der Waals surface area contributed by atoms with Crippen LogP contribution < -0.4 is 5.32 Å². The van der Waals surface area contributed by atoms with Crippen molar-refractivity contribution in [1.82, 2.24) is 20.1 Å². The molecule has 2 aromatic rings. The van der Waals surface area contributed by atoms with Crippen LogP contribution in [-0.2, 0) is 21.9 Å². The number of hydrogen-bond acceptors (Lipinski definition) is 4. The quantitative estimate of drug-likeness (QED) is 0.589. The highest BCUT2D eigenvalue weighted by atomic mass is 19.4. The Balaban J connectivity index is 1.82. The minimum absolute atomic E-state index is 0.0457. The largest absolute Gasteiger partial charge is 0.451 e. The Labute approximate surface area is 159 Å². The topological polar surface area (TPSA) is 91.0 Å². The number of nitrogens with one attached hydrogen (secondary N) is 2. The molecule has 7 nitrogen and oxygen atoms in total. The van der Waals surface area contributed by atoms with E-state index in [9.17, 15) is 35.9 Å². The zero-order valence-corrected chi connectivity index (χ0v) is 14.6. The molecule has 0 spiro atoms. The molecule has 156 valence electrons. The summed E-state index contributed by atoms with van der Waals surface area (Å²) in [5, 5.41) is 6.90. The lowest BCUT2D eigenvalue weighted by atomic mass is 9.87. The summed E-state index contributed by atoms with van der Waals surface area (Å²) in [6.45, 7) is 0.0457. The monoisotopic (exact) mass is 421 g/mol. The number of halogens is 6. The third kappa shape index (κ3) is 4.17. The number of amides is 2. The summed E-state index contributed by atoms with van der Waals surface area (Å²) in [6, 6.07) is 3.99. The van der Waals surface area contributed by atoms with Crippen molar-refractivity contribution < 1.29 is 35.9 Å². The van der Waals surface area contributed by atoms with Crippen molar-refractivity contribution in [3.05, 3.63) is 41.2 Å². The molecule has 1 aliphatic rings. The molecule has 0 unspecified atom stereocenters. The SMILES string of the molecule is CN1C[C@@H](c2ccc(C(F)(F)F)cc2)[C@H](C(=O)Nc2n[nH]c(C(F)(F)F)n2)C1=O. The predicted molar refractivity (Wildman–Crippen MR) is 85.3 cm³/mol. The summed E-state index contributed by atoms with van der Waals surface area (Å²) in [4.78, 5) is 29.2. The molecule has 2 N–H and O–H groups in total. The molecule has 2 atom stereocenters. The van der Waals surface area contributed by atoms with E-state index < -0.39 is 53.3 Å². The van der Waals surface area contributed by atoms with Gasteiger partial charge in [-0.05, 0) is 17.7 Å². The van der Waals surface area contributed by atoms with E-state index in [1.165, 1.54) is 11.9 Å². The number of benzene rings is 1. The first-order valence-corrected chi connectivity index (χ1v) is 8.10. The number of nitrogens with zero attached hydrogens (tertiary/aromatic N) is 3. The zero-order valence-electron chi connectivity index (χ0n) is 14.6. The van der Waals surface area contributed by atoms with Gasteiger partial charge in [0.15, 0.2) is 0 Å². The number of carbonyl (C=O) groups excluding carboxylic acids is 2. The fraction of sp³-hybridized carbons (Fsp3) is 0.375. The normalized spacial score (nSPS) is 20.2. The molecular formula is C16H13F6N5O2.